The van der Waals surface area contributed by atoms with Crippen molar-refractivity contribution in [3.8, 4) is 0 Å². The average molecular weight is 239 g/mol. The molecule has 1 aromatic rings. The van der Waals surface area contributed by atoms with Gasteiger partial charge in [-0.3, -0.25) is 0 Å². The Morgan fingerprint density at radius 3 is 2.41 bits per heavy atom. The van der Waals surface area contributed by atoms with Gasteiger partial charge in [-0.05, 0) is 45.4 Å². The van der Waals surface area contributed by atoms with E-state index in [0.29, 0.717) is 11.6 Å². The van der Waals surface area contributed by atoms with Gasteiger partial charge in [0.05, 0.1) is 6.10 Å². The molecule has 3 heteroatoms. The maximum absolute atomic E-state index is 13.2. The fraction of sp³-hybridized carbons (Fsp3) is 0.571. The molecule has 0 aromatic heterocycles. The standard InChI is InChI=1S/C14H22FNO/c1-5-10(3)16(6-2)14-8-7-12(15)9-13(14)11(4)17/h7-11,17H,5-6H2,1-4H3/t10?,11-/m0/s1. The summed E-state index contributed by atoms with van der Waals surface area (Å²) in [4.78, 5) is 2.20. The van der Waals surface area contributed by atoms with Crippen LogP contribution in [0.3, 0.4) is 0 Å². The van der Waals surface area contributed by atoms with Gasteiger partial charge >= 0.3 is 0 Å². The number of benzene rings is 1. The van der Waals surface area contributed by atoms with Crippen molar-refractivity contribution in [1.29, 1.82) is 0 Å². The largest absolute Gasteiger partial charge is 0.389 e. The van der Waals surface area contributed by atoms with Gasteiger partial charge in [-0.1, -0.05) is 6.92 Å². The number of halogens is 1. The van der Waals surface area contributed by atoms with E-state index < -0.39 is 6.10 Å². The van der Waals surface area contributed by atoms with Crippen LogP contribution in [0.4, 0.5) is 10.1 Å². The molecule has 1 unspecified atom stereocenters. The van der Waals surface area contributed by atoms with E-state index in [2.05, 4.69) is 25.7 Å². The Kier molecular flexibility index (Phi) is 4.94. The molecule has 0 bridgehead atoms. The average Bonchev–Trinajstić information content (AvgIpc) is 2.31. The molecule has 1 aromatic carbocycles. The van der Waals surface area contributed by atoms with Crippen LogP contribution in [0.15, 0.2) is 18.2 Å². The zero-order valence-corrected chi connectivity index (χ0v) is 11.1. The highest BCUT2D eigenvalue weighted by atomic mass is 19.1. The van der Waals surface area contributed by atoms with Crippen molar-refractivity contribution in [3.63, 3.8) is 0 Å². The molecule has 0 spiro atoms. The van der Waals surface area contributed by atoms with Gasteiger partial charge in [0.15, 0.2) is 0 Å². The minimum atomic E-state index is -0.654. The van der Waals surface area contributed by atoms with E-state index in [4.69, 9.17) is 0 Å². The Balaban J connectivity index is 3.18. The Bertz CT molecular complexity index is 365. The molecule has 2 atom stereocenters. The van der Waals surface area contributed by atoms with Gasteiger partial charge < -0.3 is 10.0 Å². The summed E-state index contributed by atoms with van der Waals surface area (Å²) in [7, 11) is 0. The molecular formula is C14H22FNO. The van der Waals surface area contributed by atoms with Crippen LogP contribution < -0.4 is 4.90 Å². The molecule has 0 radical (unpaired) electrons. The predicted octanol–water partition coefficient (Wildman–Crippen LogP) is 3.50. The van der Waals surface area contributed by atoms with E-state index in [9.17, 15) is 9.50 Å². The van der Waals surface area contributed by atoms with E-state index in [1.54, 1.807) is 13.0 Å². The number of aliphatic hydroxyl groups excluding tert-OH is 1. The van der Waals surface area contributed by atoms with Crippen molar-refractivity contribution in [3.05, 3.63) is 29.6 Å². The quantitative estimate of drug-likeness (QED) is 0.850. The molecule has 0 fully saturated rings. The summed E-state index contributed by atoms with van der Waals surface area (Å²) >= 11 is 0. The van der Waals surface area contributed by atoms with Gasteiger partial charge in [-0.25, -0.2) is 4.39 Å². The summed E-state index contributed by atoms with van der Waals surface area (Å²) in [5, 5.41) is 9.73. The fourth-order valence-corrected chi connectivity index (χ4v) is 2.06. The van der Waals surface area contributed by atoms with Crippen molar-refractivity contribution in [2.45, 2.75) is 46.3 Å². The molecule has 1 rings (SSSR count). The Hall–Kier alpha value is -1.09. The highest BCUT2D eigenvalue weighted by Gasteiger charge is 2.17. The lowest BCUT2D eigenvalue weighted by atomic mass is 10.0. The van der Waals surface area contributed by atoms with E-state index in [1.165, 1.54) is 12.1 Å². The number of aliphatic hydroxyl groups is 1. The van der Waals surface area contributed by atoms with Crippen LogP contribution in [0.1, 0.15) is 45.8 Å². The number of anilines is 1. The van der Waals surface area contributed by atoms with Crippen LogP contribution in [0.5, 0.6) is 0 Å². The first-order valence-corrected chi connectivity index (χ1v) is 6.25. The van der Waals surface area contributed by atoms with Crippen LogP contribution in [0.25, 0.3) is 0 Å². The second-order valence-electron chi connectivity index (χ2n) is 4.42. The fourth-order valence-electron chi connectivity index (χ4n) is 2.06. The topological polar surface area (TPSA) is 23.5 Å². The molecular weight excluding hydrogens is 217 g/mol. The van der Waals surface area contributed by atoms with Gasteiger partial charge in [0, 0.05) is 23.8 Å². The first-order valence-electron chi connectivity index (χ1n) is 6.25. The lowest BCUT2D eigenvalue weighted by Crippen LogP contribution is -2.33. The van der Waals surface area contributed by atoms with Gasteiger partial charge in [0.2, 0.25) is 0 Å². The van der Waals surface area contributed by atoms with Gasteiger partial charge in [-0.15, -0.1) is 0 Å². The zero-order valence-electron chi connectivity index (χ0n) is 11.1. The molecule has 0 saturated carbocycles. The summed E-state index contributed by atoms with van der Waals surface area (Å²) in [6.45, 7) is 8.85. The van der Waals surface area contributed by atoms with Gasteiger partial charge in [0.25, 0.3) is 0 Å². The second-order valence-corrected chi connectivity index (χ2v) is 4.42. The summed E-state index contributed by atoms with van der Waals surface area (Å²) < 4.78 is 13.2. The Labute approximate surface area is 103 Å². The Morgan fingerprint density at radius 1 is 1.29 bits per heavy atom. The first kappa shape index (κ1) is 14.0. The molecule has 0 aliphatic carbocycles. The lowest BCUT2D eigenvalue weighted by Gasteiger charge is -2.32. The van der Waals surface area contributed by atoms with E-state index in [-0.39, 0.29) is 5.82 Å². The second kappa shape index (κ2) is 6.01. The van der Waals surface area contributed by atoms with Crippen LogP contribution in [0, 0.1) is 5.82 Å². The monoisotopic (exact) mass is 239 g/mol. The molecule has 0 heterocycles. The molecule has 1 N–H and O–H groups in total. The van der Waals surface area contributed by atoms with Crippen molar-refractivity contribution in [1.82, 2.24) is 0 Å². The van der Waals surface area contributed by atoms with Crippen LogP contribution in [-0.4, -0.2) is 17.7 Å². The van der Waals surface area contributed by atoms with Crippen LogP contribution in [0.2, 0.25) is 0 Å². The third kappa shape index (κ3) is 3.19. The van der Waals surface area contributed by atoms with Crippen molar-refractivity contribution in [2.75, 3.05) is 11.4 Å². The molecule has 96 valence electrons. The minimum absolute atomic E-state index is 0.301. The lowest BCUT2D eigenvalue weighted by molar-refractivity contribution is 0.199. The summed E-state index contributed by atoms with van der Waals surface area (Å²) in [5.41, 5.74) is 1.59. The summed E-state index contributed by atoms with van der Waals surface area (Å²) in [6.07, 6.45) is 0.364. The SMILES string of the molecule is CCC(C)N(CC)c1ccc(F)cc1[C@H](C)O. The molecule has 17 heavy (non-hydrogen) atoms. The summed E-state index contributed by atoms with van der Waals surface area (Å²) in [5.74, 6) is -0.301. The number of hydrogen-bond acceptors (Lipinski definition) is 2. The third-order valence-electron chi connectivity index (χ3n) is 3.21. The molecule has 0 saturated heterocycles. The van der Waals surface area contributed by atoms with E-state index >= 15 is 0 Å². The van der Waals surface area contributed by atoms with Gasteiger partial charge in [-0.2, -0.15) is 0 Å². The Morgan fingerprint density at radius 2 is 1.94 bits per heavy atom. The smallest absolute Gasteiger partial charge is 0.123 e. The van der Waals surface area contributed by atoms with Gasteiger partial charge in [0.1, 0.15) is 5.82 Å². The van der Waals surface area contributed by atoms with Crippen LogP contribution >= 0.6 is 0 Å². The zero-order chi connectivity index (χ0) is 13.0. The number of hydrogen-bond donors (Lipinski definition) is 1. The number of nitrogens with zero attached hydrogens (tertiary/aromatic N) is 1. The van der Waals surface area contributed by atoms with E-state index in [0.717, 1.165) is 18.7 Å². The maximum Gasteiger partial charge on any atom is 0.123 e. The normalized spacial score (nSPS) is 14.5. The van der Waals surface area contributed by atoms with E-state index in [1.807, 2.05) is 0 Å². The van der Waals surface area contributed by atoms with Crippen molar-refractivity contribution >= 4 is 5.69 Å². The highest BCUT2D eigenvalue weighted by molar-refractivity contribution is 5.55. The first-order chi connectivity index (χ1) is 8.01. The molecule has 0 amide bonds. The van der Waals surface area contributed by atoms with Crippen molar-refractivity contribution in [2.24, 2.45) is 0 Å². The maximum atomic E-state index is 13.2. The minimum Gasteiger partial charge on any atom is -0.389 e. The summed E-state index contributed by atoms with van der Waals surface area (Å²) in [6, 6.07) is 5.01. The molecule has 2 nitrogen and oxygen atoms in total. The molecule has 0 aliphatic heterocycles. The predicted molar refractivity (Wildman–Crippen MR) is 69.8 cm³/mol. The third-order valence-corrected chi connectivity index (χ3v) is 3.21. The highest BCUT2D eigenvalue weighted by Crippen LogP contribution is 2.29. The van der Waals surface area contributed by atoms with Crippen LogP contribution in [-0.2, 0) is 0 Å². The number of rotatable bonds is 5. The molecule has 0 aliphatic rings. The van der Waals surface area contributed by atoms with Crippen molar-refractivity contribution < 1.29 is 9.50 Å².